The number of aryl methyl sites for hydroxylation is 1. The highest BCUT2D eigenvalue weighted by atomic mass is 16.2. The van der Waals surface area contributed by atoms with Gasteiger partial charge in [-0.25, -0.2) is 4.98 Å². The molecule has 1 aromatic carbocycles. The Bertz CT molecular complexity index is 1160. The Morgan fingerprint density at radius 2 is 1.97 bits per heavy atom. The van der Waals surface area contributed by atoms with E-state index in [0.29, 0.717) is 37.1 Å². The molecule has 0 spiro atoms. The van der Waals surface area contributed by atoms with Crippen molar-refractivity contribution >= 4 is 34.3 Å². The van der Waals surface area contributed by atoms with E-state index < -0.39 is 0 Å². The number of carbonyl (C=O) groups is 1. The number of benzene rings is 1. The summed E-state index contributed by atoms with van der Waals surface area (Å²) in [7, 11) is 3.99. The maximum Gasteiger partial charge on any atom is 0.252 e. The standard InChI is InChI=1S/C23H26N6O2/c1-4-20(30)28-14-16(15-28)11-12-29-21(31)10-5-17-13-24-23(26-22(17)29)25-18-6-8-19(9-7-18)27(2)3/h4-10,13,16H,1,11-12,14-15H2,2-3H3,(H,24,25,26). The van der Waals surface area contributed by atoms with Gasteiger partial charge in [-0.2, -0.15) is 4.98 Å². The smallest absolute Gasteiger partial charge is 0.252 e. The molecular weight excluding hydrogens is 392 g/mol. The average molecular weight is 419 g/mol. The third-order valence-corrected chi connectivity index (χ3v) is 5.57. The lowest BCUT2D eigenvalue weighted by molar-refractivity contribution is -0.132. The van der Waals surface area contributed by atoms with Crippen molar-refractivity contribution in [3.63, 3.8) is 0 Å². The molecule has 160 valence electrons. The zero-order chi connectivity index (χ0) is 22.0. The van der Waals surface area contributed by atoms with Crippen molar-refractivity contribution in [3.05, 3.63) is 65.6 Å². The molecule has 1 amide bonds. The topological polar surface area (TPSA) is 83.4 Å². The second-order valence-corrected chi connectivity index (χ2v) is 7.96. The predicted molar refractivity (Wildman–Crippen MR) is 123 cm³/mol. The molecule has 0 atom stereocenters. The monoisotopic (exact) mass is 418 g/mol. The van der Waals surface area contributed by atoms with Crippen molar-refractivity contribution in [1.29, 1.82) is 0 Å². The lowest BCUT2D eigenvalue weighted by Gasteiger charge is -2.38. The number of aromatic nitrogens is 3. The lowest BCUT2D eigenvalue weighted by Crippen LogP contribution is -2.49. The van der Waals surface area contributed by atoms with Crippen LogP contribution in [0.4, 0.5) is 17.3 Å². The first-order valence-corrected chi connectivity index (χ1v) is 10.3. The molecular formula is C23H26N6O2. The van der Waals surface area contributed by atoms with Gasteiger partial charge in [-0.3, -0.25) is 14.2 Å². The highest BCUT2D eigenvalue weighted by Crippen LogP contribution is 2.22. The summed E-state index contributed by atoms with van der Waals surface area (Å²) in [6, 6.07) is 11.3. The molecule has 0 saturated carbocycles. The van der Waals surface area contributed by atoms with E-state index in [-0.39, 0.29) is 11.5 Å². The molecule has 1 N–H and O–H groups in total. The third-order valence-electron chi connectivity index (χ3n) is 5.57. The summed E-state index contributed by atoms with van der Waals surface area (Å²) in [6.45, 7) is 5.47. The summed E-state index contributed by atoms with van der Waals surface area (Å²) >= 11 is 0. The maximum absolute atomic E-state index is 12.5. The number of hydrogen-bond donors (Lipinski definition) is 1. The van der Waals surface area contributed by atoms with Crippen molar-refractivity contribution in [3.8, 4) is 0 Å². The minimum Gasteiger partial charge on any atom is -0.378 e. The van der Waals surface area contributed by atoms with Crippen LogP contribution in [0.3, 0.4) is 0 Å². The van der Waals surface area contributed by atoms with Gasteiger partial charge in [0.15, 0.2) is 0 Å². The molecule has 8 nitrogen and oxygen atoms in total. The molecule has 0 bridgehead atoms. The zero-order valence-corrected chi connectivity index (χ0v) is 17.8. The Morgan fingerprint density at radius 3 is 2.65 bits per heavy atom. The van der Waals surface area contributed by atoms with Gasteiger partial charge in [-0.05, 0) is 48.7 Å². The van der Waals surface area contributed by atoms with Crippen LogP contribution in [0.25, 0.3) is 11.0 Å². The molecule has 31 heavy (non-hydrogen) atoms. The van der Waals surface area contributed by atoms with E-state index in [2.05, 4.69) is 21.9 Å². The number of nitrogens with zero attached hydrogens (tertiary/aromatic N) is 5. The van der Waals surface area contributed by atoms with Crippen molar-refractivity contribution in [2.24, 2.45) is 5.92 Å². The zero-order valence-electron chi connectivity index (χ0n) is 17.8. The van der Waals surface area contributed by atoms with Crippen molar-refractivity contribution in [1.82, 2.24) is 19.4 Å². The van der Waals surface area contributed by atoms with E-state index in [0.717, 1.165) is 23.2 Å². The van der Waals surface area contributed by atoms with Gasteiger partial charge in [-0.15, -0.1) is 0 Å². The van der Waals surface area contributed by atoms with Crippen LogP contribution < -0.4 is 15.8 Å². The summed E-state index contributed by atoms with van der Waals surface area (Å²) in [5, 5.41) is 4.02. The largest absolute Gasteiger partial charge is 0.378 e. The molecule has 0 aliphatic carbocycles. The van der Waals surface area contributed by atoms with E-state index in [1.54, 1.807) is 27.8 Å². The van der Waals surface area contributed by atoms with Crippen LogP contribution in [-0.2, 0) is 11.3 Å². The lowest BCUT2D eigenvalue weighted by atomic mass is 9.96. The molecule has 4 rings (SSSR count). The molecule has 1 fully saturated rings. The Kier molecular flexibility index (Phi) is 5.70. The van der Waals surface area contributed by atoms with Gasteiger partial charge in [0.05, 0.1) is 0 Å². The maximum atomic E-state index is 12.5. The molecule has 2 aromatic heterocycles. The number of likely N-dealkylation sites (tertiary alicyclic amines) is 1. The summed E-state index contributed by atoms with van der Waals surface area (Å²) in [5.74, 6) is 0.775. The van der Waals surface area contributed by atoms with Gasteiger partial charge in [0, 0.05) is 62.8 Å². The summed E-state index contributed by atoms with van der Waals surface area (Å²) < 4.78 is 1.69. The number of amides is 1. The second-order valence-electron chi connectivity index (χ2n) is 7.96. The van der Waals surface area contributed by atoms with Crippen LogP contribution in [0.2, 0.25) is 0 Å². The summed E-state index contributed by atoms with van der Waals surface area (Å²) in [6.07, 6.45) is 3.87. The van der Waals surface area contributed by atoms with Gasteiger partial charge in [-0.1, -0.05) is 6.58 Å². The minimum absolute atomic E-state index is 0.0411. The Morgan fingerprint density at radius 1 is 1.23 bits per heavy atom. The van der Waals surface area contributed by atoms with Gasteiger partial charge >= 0.3 is 0 Å². The van der Waals surface area contributed by atoms with E-state index in [1.807, 2.05) is 43.3 Å². The Hall–Kier alpha value is -3.68. The number of rotatable bonds is 7. The Labute approximate surface area is 180 Å². The van der Waals surface area contributed by atoms with E-state index >= 15 is 0 Å². The van der Waals surface area contributed by atoms with E-state index in [4.69, 9.17) is 0 Å². The molecule has 1 saturated heterocycles. The fraction of sp³-hybridized carbons (Fsp3) is 0.304. The van der Waals surface area contributed by atoms with Crippen molar-refractivity contribution < 1.29 is 4.79 Å². The first-order chi connectivity index (χ1) is 14.9. The van der Waals surface area contributed by atoms with E-state index in [9.17, 15) is 9.59 Å². The van der Waals surface area contributed by atoms with Gasteiger partial charge in [0.25, 0.3) is 5.56 Å². The fourth-order valence-corrected chi connectivity index (χ4v) is 3.69. The minimum atomic E-state index is -0.0918. The fourth-order valence-electron chi connectivity index (χ4n) is 3.69. The first kappa shape index (κ1) is 20.6. The average Bonchev–Trinajstić information content (AvgIpc) is 2.74. The third kappa shape index (κ3) is 4.42. The molecule has 1 aliphatic rings. The molecule has 8 heteroatoms. The molecule has 1 aliphatic heterocycles. The highest BCUT2D eigenvalue weighted by Gasteiger charge is 2.28. The summed E-state index contributed by atoms with van der Waals surface area (Å²) in [4.78, 5) is 37.0. The van der Waals surface area contributed by atoms with Crippen LogP contribution in [0, 0.1) is 5.92 Å². The SMILES string of the molecule is C=CC(=O)N1CC(CCn2c(=O)ccc3cnc(Nc4ccc(N(C)C)cc4)nc32)C1. The number of anilines is 3. The first-order valence-electron chi connectivity index (χ1n) is 10.3. The molecule has 3 heterocycles. The predicted octanol–water partition coefficient (Wildman–Crippen LogP) is 2.64. The number of pyridine rings is 1. The van der Waals surface area contributed by atoms with Crippen LogP contribution in [0.1, 0.15) is 6.42 Å². The molecule has 0 unspecified atom stereocenters. The summed E-state index contributed by atoms with van der Waals surface area (Å²) in [5.41, 5.74) is 2.48. The van der Waals surface area contributed by atoms with Crippen LogP contribution in [0.5, 0.6) is 0 Å². The van der Waals surface area contributed by atoms with Crippen LogP contribution >= 0.6 is 0 Å². The number of fused-ring (bicyclic) bond motifs is 1. The Balaban J connectivity index is 1.51. The molecule has 3 aromatic rings. The highest BCUT2D eigenvalue weighted by molar-refractivity contribution is 5.87. The van der Waals surface area contributed by atoms with Gasteiger partial charge in [0.1, 0.15) is 5.65 Å². The second kappa shape index (κ2) is 8.59. The van der Waals surface area contributed by atoms with Crippen molar-refractivity contribution in [2.45, 2.75) is 13.0 Å². The molecule has 0 radical (unpaired) electrons. The number of nitrogens with one attached hydrogen (secondary N) is 1. The number of carbonyl (C=O) groups excluding carboxylic acids is 1. The van der Waals surface area contributed by atoms with Gasteiger partial charge < -0.3 is 15.1 Å². The quantitative estimate of drug-likeness (QED) is 0.594. The number of hydrogen-bond acceptors (Lipinski definition) is 6. The normalized spacial score (nSPS) is 13.7. The van der Waals surface area contributed by atoms with Crippen LogP contribution in [0.15, 0.2) is 60.0 Å². The van der Waals surface area contributed by atoms with Crippen molar-refractivity contribution in [2.75, 3.05) is 37.4 Å². The van der Waals surface area contributed by atoms with Gasteiger partial charge in [0.2, 0.25) is 11.9 Å². The van der Waals surface area contributed by atoms with Crippen LogP contribution in [-0.4, -0.2) is 52.5 Å². The van der Waals surface area contributed by atoms with E-state index in [1.165, 1.54) is 6.08 Å².